The average Bonchev–Trinajstić information content (AvgIpc) is 3.00. The number of nitrogens with zero attached hydrogens (tertiary/aromatic N) is 3. The third-order valence-corrected chi connectivity index (χ3v) is 4.23. The van der Waals surface area contributed by atoms with Crippen LogP contribution in [0.25, 0.3) is 0 Å². The van der Waals surface area contributed by atoms with E-state index in [1.807, 2.05) is 29.2 Å². The van der Waals surface area contributed by atoms with E-state index in [0.29, 0.717) is 19.5 Å². The second-order valence-electron chi connectivity index (χ2n) is 6.23. The van der Waals surface area contributed by atoms with Gasteiger partial charge in [-0.1, -0.05) is 24.3 Å². The van der Waals surface area contributed by atoms with E-state index in [2.05, 4.69) is 10.3 Å². The highest BCUT2D eigenvalue weighted by molar-refractivity contribution is 5.78. The first-order valence-electron chi connectivity index (χ1n) is 8.23. The molecule has 3 rings (SSSR count). The standard InChI is InChI=1S/C18H20N4O3/c1-13-9-16(22(24)25)18(19-10-13)20-11-14-4-6-15(7-5-14)12-21-8-2-3-17(21)23/h4-7,9-10H,2-3,8,11-12H2,1H3,(H,19,20). The Labute approximate surface area is 145 Å². The topological polar surface area (TPSA) is 88.4 Å². The van der Waals surface area contributed by atoms with Crippen LogP contribution in [0.5, 0.6) is 0 Å². The summed E-state index contributed by atoms with van der Waals surface area (Å²) in [5, 5.41) is 14.1. The van der Waals surface area contributed by atoms with Crippen molar-refractivity contribution in [2.75, 3.05) is 11.9 Å². The molecule has 0 spiro atoms. The van der Waals surface area contributed by atoms with Crippen LogP contribution < -0.4 is 5.32 Å². The maximum Gasteiger partial charge on any atom is 0.311 e. The molecule has 1 fully saturated rings. The third kappa shape index (κ3) is 4.12. The molecule has 2 aromatic rings. The zero-order valence-corrected chi connectivity index (χ0v) is 14.1. The molecule has 0 aliphatic carbocycles. The van der Waals surface area contributed by atoms with Crippen molar-refractivity contribution < 1.29 is 9.72 Å². The number of aromatic nitrogens is 1. The summed E-state index contributed by atoms with van der Waals surface area (Å²) in [6.45, 7) is 3.68. The van der Waals surface area contributed by atoms with Crippen LogP contribution in [0.1, 0.15) is 29.5 Å². The Kier molecular flexibility index (Phi) is 4.92. The Morgan fingerprint density at radius 1 is 1.28 bits per heavy atom. The predicted octanol–water partition coefficient (Wildman–Crippen LogP) is 3.03. The first-order chi connectivity index (χ1) is 12.0. The maximum absolute atomic E-state index is 11.7. The molecular weight excluding hydrogens is 320 g/mol. The van der Waals surface area contributed by atoms with Crippen molar-refractivity contribution >= 4 is 17.4 Å². The molecule has 2 heterocycles. The Morgan fingerprint density at radius 3 is 2.64 bits per heavy atom. The fourth-order valence-corrected chi connectivity index (χ4v) is 2.87. The van der Waals surface area contributed by atoms with E-state index in [9.17, 15) is 14.9 Å². The summed E-state index contributed by atoms with van der Waals surface area (Å²) < 4.78 is 0. The number of hydrogen-bond acceptors (Lipinski definition) is 5. The summed E-state index contributed by atoms with van der Waals surface area (Å²) in [6.07, 6.45) is 3.18. The molecule has 1 saturated heterocycles. The molecule has 7 heteroatoms. The van der Waals surface area contributed by atoms with E-state index < -0.39 is 4.92 Å². The van der Waals surface area contributed by atoms with Gasteiger partial charge in [0.25, 0.3) is 0 Å². The number of carbonyl (C=O) groups excluding carboxylic acids is 1. The second-order valence-corrected chi connectivity index (χ2v) is 6.23. The largest absolute Gasteiger partial charge is 0.360 e. The molecule has 25 heavy (non-hydrogen) atoms. The molecule has 0 bridgehead atoms. The maximum atomic E-state index is 11.7. The van der Waals surface area contributed by atoms with Gasteiger partial charge >= 0.3 is 5.69 Å². The lowest BCUT2D eigenvalue weighted by atomic mass is 10.1. The number of nitro groups is 1. The fraction of sp³-hybridized carbons (Fsp3) is 0.333. The highest BCUT2D eigenvalue weighted by atomic mass is 16.6. The van der Waals surface area contributed by atoms with Crippen LogP contribution in [0.15, 0.2) is 36.5 Å². The number of rotatable bonds is 6. The van der Waals surface area contributed by atoms with Gasteiger partial charge in [-0.05, 0) is 30.0 Å². The minimum absolute atomic E-state index is 0.0239. The third-order valence-electron chi connectivity index (χ3n) is 4.23. The van der Waals surface area contributed by atoms with Crippen molar-refractivity contribution in [1.29, 1.82) is 0 Å². The van der Waals surface area contributed by atoms with Crippen molar-refractivity contribution in [3.8, 4) is 0 Å². The van der Waals surface area contributed by atoms with Gasteiger partial charge < -0.3 is 10.2 Å². The highest BCUT2D eigenvalue weighted by Gasteiger charge is 2.20. The number of aryl methyl sites for hydroxylation is 1. The summed E-state index contributed by atoms with van der Waals surface area (Å²) >= 11 is 0. The van der Waals surface area contributed by atoms with E-state index in [4.69, 9.17) is 0 Å². The molecule has 1 aliphatic heterocycles. The van der Waals surface area contributed by atoms with Gasteiger partial charge in [0.05, 0.1) is 4.92 Å². The molecule has 1 aliphatic rings. The van der Waals surface area contributed by atoms with Gasteiger partial charge in [-0.25, -0.2) is 4.98 Å². The molecule has 1 amide bonds. The zero-order valence-electron chi connectivity index (χ0n) is 14.1. The number of benzene rings is 1. The lowest BCUT2D eigenvalue weighted by Crippen LogP contribution is -2.23. The van der Waals surface area contributed by atoms with Crippen molar-refractivity contribution in [1.82, 2.24) is 9.88 Å². The Morgan fingerprint density at radius 2 is 2.00 bits per heavy atom. The Bertz CT molecular complexity index is 789. The van der Waals surface area contributed by atoms with Crippen molar-refractivity contribution in [2.24, 2.45) is 0 Å². The van der Waals surface area contributed by atoms with Crippen LogP contribution in [-0.2, 0) is 17.9 Å². The summed E-state index contributed by atoms with van der Waals surface area (Å²) in [7, 11) is 0. The van der Waals surface area contributed by atoms with Crippen LogP contribution in [0, 0.1) is 17.0 Å². The summed E-state index contributed by atoms with van der Waals surface area (Å²) in [6, 6.07) is 9.40. The van der Waals surface area contributed by atoms with Crippen molar-refractivity contribution in [2.45, 2.75) is 32.9 Å². The molecule has 0 unspecified atom stereocenters. The smallest absolute Gasteiger partial charge is 0.311 e. The molecule has 1 N–H and O–H groups in total. The van der Waals surface area contributed by atoms with Gasteiger partial charge in [-0.15, -0.1) is 0 Å². The van der Waals surface area contributed by atoms with Gasteiger partial charge in [0.2, 0.25) is 11.7 Å². The number of likely N-dealkylation sites (tertiary alicyclic amines) is 1. The van der Waals surface area contributed by atoms with E-state index in [0.717, 1.165) is 29.7 Å². The lowest BCUT2D eigenvalue weighted by molar-refractivity contribution is -0.384. The predicted molar refractivity (Wildman–Crippen MR) is 94.0 cm³/mol. The van der Waals surface area contributed by atoms with Crippen LogP contribution in [-0.4, -0.2) is 27.3 Å². The average molecular weight is 340 g/mol. The van der Waals surface area contributed by atoms with E-state index in [1.54, 1.807) is 13.1 Å². The molecule has 0 radical (unpaired) electrons. The molecule has 0 atom stereocenters. The number of nitrogens with one attached hydrogen (secondary N) is 1. The van der Waals surface area contributed by atoms with Crippen molar-refractivity contribution in [3.63, 3.8) is 0 Å². The molecule has 1 aromatic carbocycles. The summed E-state index contributed by atoms with van der Waals surface area (Å²) in [5.74, 6) is 0.478. The highest BCUT2D eigenvalue weighted by Crippen LogP contribution is 2.23. The van der Waals surface area contributed by atoms with Gasteiger partial charge in [0.15, 0.2) is 0 Å². The van der Waals surface area contributed by atoms with Gasteiger partial charge in [-0.3, -0.25) is 14.9 Å². The monoisotopic (exact) mass is 340 g/mol. The van der Waals surface area contributed by atoms with Crippen LogP contribution in [0.2, 0.25) is 0 Å². The SMILES string of the molecule is Cc1cnc(NCc2ccc(CN3CCCC3=O)cc2)c([N+](=O)[O-])c1. The number of hydrogen-bond donors (Lipinski definition) is 1. The molecule has 0 saturated carbocycles. The fourth-order valence-electron chi connectivity index (χ4n) is 2.87. The normalized spacial score (nSPS) is 14.0. The summed E-state index contributed by atoms with van der Waals surface area (Å²) in [5.41, 5.74) is 2.80. The van der Waals surface area contributed by atoms with Crippen molar-refractivity contribution in [3.05, 3.63) is 63.3 Å². The van der Waals surface area contributed by atoms with Crippen LogP contribution >= 0.6 is 0 Å². The first kappa shape index (κ1) is 16.9. The van der Waals surface area contributed by atoms with Crippen LogP contribution in [0.3, 0.4) is 0 Å². The van der Waals surface area contributed by atoms with E-state index >= 15 is 0 Å². The molecule has 7 nitrogen and oxygen atoms in total. The quantitative estimate of drug-likeness (QED) is 0.645. The Balaban J connectivity index is 1.62. The summed E-state index contributed by atoms with van der Waals surface area (Å²) in [4.78, 5) is 28.3. The number of carbonyl (C=O) groups is 1. The molecular formula is C18H20N4O3. The zero-order chi connectivity index (χ0) is 17.8. The van der Waals surface area contributed by atoms with E-state index in [-0.39, 0.29) is 17.4 Å². The van der Waals surface area contributed by atoms with Gasteiger partial charge in [0, 0.05) is 38.3 Å². The minimum Gasteiger partial charge on any atom is -0.360 e. The lowest BCUT2D eigenvalue weighted by Gasteiger charge is -2.15. The Hall–Kier alpha value is -2.96. The molecule has 1 aromatic heterocycles. The molecule has 130 valence electrons. The first-order valence-corrected chi connectivity index (χ1v) is 8.23. The number of pyridine rings is 1. The second kappa shape index (κ2) is 7.29. The van der Waals surface area contributed by atoms with Gasteiger partial charge in [-0.2, -0.15) is 0 Å². The van der Waals surface area contributed by atoms with Gasteiger partial charge in [0.1, 0.15) is 0 Å². The minimum atomic E-state index is -0.432. The van der Waals surface area contributed by atoms with E-state index in [1.165, 1.54) is 6.07 Å². The number of amides is 1. The van der Waals surface area contributed by atoms with Crippen LogP contribution in [0.4, 0.5) is 11.5 Å². The number of anilines is 1.